The lowest BCUT2D eigenvalue weighted by Crippen LogP contribution is -2.19. The highest BCUT2D eigenvalue weighted by Gasteiger charge is 2.16. The molecule has 0 atom stereocenters. The topological polar surface area (TPSA) is 104 Å². The predicted molar refractivity (Wildman–Crippen MR) is 130 cm³/mol. The van der Waals surface area contributed by atoms with E-state index in [1.54, 1.807) is 44.2 Å². The van der Waals surface area contributed by atoms with Crippen LogP contribution in [-0.4, -0.2) is 37.6 Å². The third-order valence-corrected chi connectivity index (χ3v) is 6.84. The van der Waals surface area contributed by atoms with E-state index >= 15 is 0 Å². The Kier molecular flexibility index (Phi) is 6.60. The second-order valence-corrected chi connectivity index (χ2v) is 10.0. The zero-order valence-electron chi connectivity index (χ0n) is 18.7. The molecule has 4 rings (SSSR count). The van der Waals surface area contributed by atoms with Gasteiger partial charge in [-0.2, -0.15) is 0 Å². The van der Waals surface area contributed by atoms with Crippen molar-refractivity contribution < 1.29 is 13.2 Å². The summed E-state index contributed by atoms with van der Waals surface area (Å²) in [5, 5.41) is 11.4. The Balaban J connectivity index is 1.47. The van der Waals surface area contributed by atoms with Gasteiger partial charge in [0.05, 0.1) is 10.6 Å². The lowest BCUT2D eigenvalue weighted by Gasteiger charge is -2.15. The van der Waals surface area contributed by atoms with Crippen LogP contribution in [-0.2, 0) is 14.8 Å². The van der Waals surface area contributed by atoms with Gasteiger partial charge in [0.2, 0.25) is 5.91 Å². The summed E-state index contributed by atoms with van der Waals surface area (Å²) in [5.74, 6) is 0.571. The van der Waals surface area contributed by atoms with E-state index in [2.05, 4.69) is 25.1 Å². The molecule has 0 spiro atoms. The number of hydrogen-bond donors (Lipinski definition) is 2. The number of benzene rings is 2. The normalized spacial score (nSPS) is 13.8. The molecule has 1 aromatic heterocycles. The number of aromatic nitrogens is 2. The number of sulfonamides is 1. The SMILES string of the molecule is CC(C)C(=O)Nc1ccc(S(=O)(=O)Nc2cccc(-c3ccc(N4CCCC4)nn3)c2)cc1. The minimum absolute atomic E-state index is 0.102. The molecule has 0 unspecified atom stereocenters. The average molecular weight is 466 g/mol. The van der Waals surface area contributed by atoms with E-state index in [1.165, 1.54) is 25.0 Å². The van der Waals surface area contributed by atoms with Gasteiger partial charge in [0.15, 0.2) is 5.82 Å². The van der Waals surface area contributed by atoms with Gasteiger partial charge in [-0.3, -0.25) is 9.52 Å². The highest BCUT2D eigenvalue weighted by molar-refractivity contribution is 7.92. The van der Waals surface area contributed by atoms with Crippen molar-refractivity contribution in [1.82, 2.24) is 10.2 Å². The summed E-state index contributed by atoms with van der Waals surface area (Å²) >= 11 is 0. The largest absolute Gasteiger partial charge is 0.355 e. The molecule has 2 heterocycles. The molecule has 172 valence electrons. The summed E-state index contributed by atoms with van der Waals surface area (Å²) in [5.41, 5.74) is 2.41. The first-order chi connectivity index (χ1) is 15.8. The lowest BCUT2D eigenvalue weighted by molar-refractivity contribution is -0.118. The van der Waals surface area contributed by atoms with E-state index in [0.29, 0.717) is 17.1 Å². The second-order valence-electron chi connectivity index (χ2n) is 8.33. The van der Waals surface area contributed by atoms with E-state index in [-0.39, 0.29) is 16.7 Å². The van der Waals surface area contributed by atoms with Crippen molar-refractivity contribution in [2.75, 3.05) is 28.0 Å². The minimum Gasteiger partial charge on any atom is -0.355 e. The Morgan fingerprint density at radius 2 is 1.67 bits per heavy atom. The number of carbonyl (C=O) groups excluding carboxylic acids is 1. The second kappa shape index (κ2) is 9.58. The van der Waals surface area contributed by atoms with Gasteiger partial charge in [-0.15, -0.1) is 10.2 Å². The van der Waals surface area contributed by atoms with Crippen molar-refractivity contribution in [3.63, 3.8) is 0 Å². The van der Waals surface area contributed by atoms with Crippen LogP contribution in [0.4, 0.5) is 17.2 Å². The molecule has 0 bridgehead atoms. The summed E-state index contributed by atoms with van der Waals surface area (Å²) in [6.45, 7) is 5.58. The van der Waals surface area contributed by atoms with Gasteiger partial charge >= 0.3 is 0 Å². The maximum Gasteiger partial charge on any atom is 0.261 e. The molecule has 9 heteroatoms. The van der Waals surface area contributed by atoms with Crippen molar-refractivity contribution in [1.29, 1.82) is 0 Å². The molecule has 0 saturated carbocycles. The van der Waals surface area contributed by atoms with E-state index in [4.69, 9.17) is 0 Å². The summed E-state index contributed by atoms with van der Waals surface area (Å²) in [4.78, 5) is 14.1. The van der Waals surface area contributed by atoms with Gasteiger partial charge in [0.1, 0.15) is 0 Å². The number of anilines is 3. The molecule has 2 aromatic carbocycles. The van der Waals surface area contributed by atoms with Crippen LogP contribution in [0, 0.1) is 5.92 Å². The lowest BCUT2D eigenvalue weighted by atomic mass is 10.1. The Hall–Kier alpha value is -3.46. The highest BCUT2D eigenvalue weighted by atomic mass is 32.2. The maximum absolute atomic E-state index is 12.9. The number of nitrogens with one attached hydrogen (secondary N) is 2. The smallest absolute Gasteiger partial charge is 0.261 e. The molecule has 1 aliphatic rings. The fraction of sp³-hybridized carbons (Fsp3) is 0.292. The van der Waals surface area contributed by atoms with Crippen LogP contribution in [0.5, 0.6) is 0 Å². The van der Waals surface area contributed by atoms with E-state index in [0.717, 1.165) is 24.5 Å². The van der Waals surface area contributed by atoms with Crippen LogP contribution < -0.4 is 14.9 Å². The molecular weight excluding hydrogens is 438 g/mol. The molecule has 8 nitrogen and oxygen atoms in total. The van der Waals surface area contributed by atoms with Gasteiger partial charge in [-0.1, -0.05) is 26.0 Å². The van der Waals surface area contributed by atoms with Crippen LogP contribution >= 0.6 is 0 Å². The van der Waals surface area contributed by atoms with Crippen molar-refractivity contribution in [3.8, 4) is 11.3 Å². The molecule has 33 heavy (non-hydrogen) atoms. The van der Waals surface area contributed by atoms with Crippen molar-refractivity contribution in [2.45, 2.75) is 31.6 Å². The number of carbonyl (C=O) groups is 1. The Morgan fingerprint density at radius 1 is 0.939 bits per heavy atom. The van der Waals surface area contributed by atoms with Crippen LogP contribution in [0.25, 0.3) is 11.3 Å². The molecule has 2 N–H and O–H groups in total. The molecular formula is C24H27N5O3S. The van der Waals surface area contributed by atoms with Gasteiger partial charge in [0.25, 0.3) is 10.0 Å². The summed E-state index contributed by atoms with van der Waals surface area (Å²) in [6.07, 6.45) is 2.34. The first-order valence-electron chi connectivity index (χ1n) is 10.9. The van der Waals surface area contributed by atoms with Crippen molar-refractivity contribution >= 4 is 33.1 Å². The van der Waals surface area contributed by atoms with Crippen LogP contribution in [0.3, 0.4) is 0 Å². The highest BCUT2D eigenvalue weighted by Crippen LogP contribution is 2.25. The molecule has 1 aliphatic heterocycles. The summed E-state index contributed by atoms with van der Waals surface area (Å²) in [6, 6.07) is 17.0. The summed E-state index contributed by atoms with van der Waals surface area (Å²) in [7, 11) is -3.80. The monoisotopic (exact) mass is 465 g/mol. The third kappa shape index (κ3) is 5.48. The maximum atomic E-state index is 12.9. The molecule has 0 aliphatic carbocycles. The first kappa shape index (κ1) is 22.7. The van der Waals surface area contributed by atoms with Gasteiger partial charge in [-0.25, -0.2) is 8.42 Å². The molecule has 3 aromatic rings. The zero-order chi connectivity index (χ0) is 23.4. The number of rotatable bonds is 7. The van der Waals surface area contributed by atoms with Gasteiger partial charge in [-0.05, 0) is 61.4 Å². The molecule has 1 saturated heterocycles. The van der Waals surface area contributed by atoms with Crippen LogP contribution in [0.2, 0.25) is 0 Å². The summed E-state index contributed by atoms with van der Waals surface area (Å²) < 4.78 is 28.3. The van der Waals surface area contributed by atoms with Crippen molar-refractivity contribution in [2.24, 2.45) is 5.92 Å². The Bertz CT molecular complexity index is 1220. The van der Waals surface area contributed by atoms with Crippen molar-refractivity contribution in [3.05, 3.63) is 60.7 Å². The zero-order valence-corrected chi connectivity index (χ0v) is 19.5. The van der Waals surface area contributed by atoms with E-state index in [9.17, 15) is 13.2 Å². The van der Waals surface area contributed by atoms with E-state index in [1.807, 2.05) is 18.2 Å². The number of hydrogen-bond acceptors (Lipinski definition) is 6. The van der Waals surface area contributed by atoms with Gasteiger partial charge in [0, 0.05) is 35.9 Å². The first-order valence-corrected chi connectivity index (χ1v) is 12.4. The van der Waals surface area contributed by atoms with E-state index < -0.39 is 10.0 Å². The molecule has 1 fully saturated rings. The Morgan fingerprint density at radius 3 is 2.30 bits per heavy atom. The minimum atomic E-state index is -3.80. The molecule has 0 radical (unpaired) electrons. The quantitative estimate of drug-likeness (QED) is 0.543. The fourth-order valence-electron chi connectivity index (χ4n) is 3.55. The number of nitrogens with zero attached hydrogens (tertiary/aromatic N) is 3. The van der Waals surface area contributed by atoms with Crippen LogP contribution in [0.1, 0.15) is 26.7 Å². The fourth-order valence-corrected chi connectivity index (χ4v) is 4.60. The molecule has 1 amide bonds. The van der Waals surface area contributed by atoms with Gasteiger partial charge < -0.3 is 10.2 Å². The predicted octanol–water partition coefficient (Wildman–Crippen LogP) is 4.14. The third-order valence-electron chi connectivity index (χ3n) is 5.45. The average Bonchev–Trinajstić information content (AvgIpc) is 3.34. The standard InChI is InChI=1S/C24H27N5O3S/c1-17(2)24(30)25-19-8-10-21(11-9-19)33(31,32)28-20-7-5-6-18(16-20)22-12-13-23(27-26-22)29-14-3-4-15-29/h5-13,16-17,28H,3-4,14-15H2,1-2H3,(H,25,30). The Labute approximate surface area is 194 Å². The number of amides is 1. The van der Waals surface area contributed by atoms with Crippen LogP contribution in [0.15, 0.2) is 65.6 Å².